The van der Waals surface area contributed by atoms with Crippen molar-refractivity contribution in [3.8, 4) is 0 Å². The molecule has 1 fully saturated rings. The maximum Gasteiger partial charge on any atom is 0.0366 e. The molecule has 0 radical (unpaired) electrons. The van der Waals surface area contributed by atoms with E-state index >= 15 is 0 Å². The van der Waals surface area contributed by atoms with E-state index in [4.69, 9.17) is 0 Å². The number of hydrogen-bond acceptors (Lipinski definition) is 2. The van der Waals surface area contributed by atoms with E-state index in [0.29, 0.717) is 11.3 Å². The van der Waals surface area contributed by atoms with Crippen LogP contribution in [0.15, 0.2) is 24.3 Å². The van der Waals surface area contributed by atoms with Gasteiger partial charge in [0.2, 0.25) is 0 Å². The summed E-state index contributed by atoms with van der Waals surface area (Å²) < 4.78 is 0. The summed E-state index contributed by atoms with van der Waals surface area (Å²) in [4.78, 5) is 2.55. The predicted molar refractivity (Wildman–Crippen MR) is 84.0 cm³/mol. The Kier molecular flexibility index (Phi) is 4.51. The second-order valence-corrected chi connectivity index (χ2v) is 6.86. The first-order valence-corrected chi connectivity index (χ1v) is 7.54. The average molecular weight is 260 g/mol. The molecule has 0 aromatic heterocycles. The Morgan fingerprint density at radius 3 is 2.47 bits per heavy atom. The molecule has 1 aliphatic heterocycles. The highest BCUT2D eigenvalue weighted by atomic mass is 15.1. The number of hydrogen-bond donors (Lipinski definition) is 1. The van der Waals surface area contributed by atoms with Crippen molar-refractivity contribution in [2.24, 2.45) is 5.41 Å². The van der Waals surface area contributed by atoms with Crippen LogP contribution in [-0.4, -0.2) is 26.2 Å². The van der Waals surface area contributed by atoms with E-state index in [1.165, 1.54) is 17.7 Å². The van der Waals surface area contributed by atoms with Crippen LogP contribution < -0.4 is 10.2 Å². The van der Waals surface area contributed by atoms with Crippen molar-refractivity contribution in [2.75, 3.05) is 31.1 Å². The Bertz CT molecular complexity index is 392. The predicted octanol–water partition coefficient (Wildman–Crippen LogP) is 3.64. The van der Waals surface area contributed by atoms with Crippen molar-refractivity contribution < 1.29 is 0 Å². The first-order chi connectivity index (χ1) is 8.98. The lowest BCUT2D eigenvalue weighted by Crippen LogP contribution is -2.44. The highest BCUT2D eigenvalue weighted by Gasteiger charge is 2.23. The van der Waals surface area contributed by atoms with E-state index in [1.807, 2.05) is 0 Å². The van der Waals surface area contributed by atoms with Gasteiger partial charge < -0.3 is 10.2 Å². The molecule has 0 saturated carbocycles. The monoisotopic (exact) mass is 260 g/mol. The first kappa shape index (κ1) is 14.4. The van der Waals surface area contributed by atoms with Gasteiger partial charge in [-0.1, -0.05) is 39.8 Å². The van der Waals surface area contributed by atoms with E-state index in [1.54, 1.807) is 0 Å². The zero-order chi connectivity index (χ0) is 13.9. The molecule has 0 aliphatic carbocycles. The van der Waals surface area contributed by atoms with Crippen LogP contribution in [0.3, 0.4) is 0 Å². The molecular weight excluding hydrogens is 232 g/mol. The van der Waals surface area contributed by atoms with Crippen molar-refractivity contribution in [1.29, 1.82) is 0 Å². The van der Waals surface area contributed by atoms with E-state index in [9.17, 15) is 0 Å². The maximum atomic E-state index is 3.55. The first-order valence-electron chi connectivity index (χ1n) is 7.54. The molecule has 2 rings (SSSR count). The summed E-state index contributed by atoms with van der Waals surface area (Å²) in [7, 11) is 0. The molecule has 0 unspecified atom stereocenters. The molecular formula is C17H28N2. The van der Waals surface area contributed by atoms with Crippen molar-refractivity contribution in [2.45, 2.75) is 40.0 Å². The third-order valence-electron chi connectivity index (χ3n) is 3.93. The molecule has 1 aliphatic rings. The molecule has 0 spiro atoms. The molecule has 1 aromatic carbocycles. The van der Waals surface area contributed by atoms with Gasteiger partial charge in [-0.05, 0) is 42.0 Å². The van der Waals surface area contributed by atoms with Gasteiger partial charge in [-0.25, -0.2) is 0 Å². The summed E-state index contributed by atoms with van der Waals surface area (Å²) in [6.07, 6.45) is 1.22. The fourth-order valence-electron chi connectivity index (χ4n) is 2.76. The van der Waals surface area contributed by atoms with Gasteiger partial charge in [-0.2, -0.15) is 0 Å². The molecule has 106 valence electrons. The minimum atomic E-state index is 0.330. The quantitative estimate of drug-likeness (QED) is 0.873. The molecule has 19 heavy (non-hydrogen) atoms. The van der Waals surface area contributed by atoms with Gasteiger partial charge in [0.25, 0.3) is 0 Å². The number of benzene rings is 1. The third kappa shape index (κ3) is 3.97. The Morgan fingerprint density at radius 1 is 1.16 bits per heavy atom. The van der Waals surface area contributed by atoms with Crippen molar-refractivity contribution >= 4 is 5.69 Å². The van der Waals surface area contributed by atoms with Crippen LogP contribution >= 0.6 is 0 Å². The number of rotatable bonds is 2. The molecule has 1 heterocycles. The lowest BCUT2D eigenvalue weighted by Gasteiger charge is -2.37. The minimum Gasteiger partial charge on any atom is -0.371 e. The fourth-order valence-corrected chi connectivity index (χ4v) is 2.76. The van der Waals surface area contributed by atoms with Crippen molar-refractivity contribution in [1.82, 2.24) is 5.32 Å². The Morgan fingerprint density at radius 2 is 1.84 bits per heavy atom. The van der Waals surface area contributed by atoms with Crippen LogP contribution in [0, 0.1) is 5.41 Å². The van der Waals surface area contributed by atoms with Gasteiger partial charge in [0.05, 0.1) is 0 Å². The Balaban J connectivity index is 2.13. The van der Waals surface area contributed by atoms with Crippen LogP contribution in [0.4, 0.5) is 5.69 Å². The number of anilines is 1. The number of nitrogens with one attached hydrogen (secondary N) is 1. The molecule has 0 amide bonds. The van der Waals surface area contributed by atoms with Crippen LogP contribution in [0.25, 0.3) is 0 Å². The maximum absolute atomic E-state index is 3.55. The van der Waals surface area contributed by atoms with Gasteiger partial charge in [-0.3, -0.25) is 0 Å². The lowest BCUT2D eigenvalue weighted by molar-refractivity contribution is 0.325. The van der Waals surface area contributed by atoms with Crippen LogP contribution in [-0.2, 0) is 0 Å². The lowest BCUT2D eigenvalue weighted by atomic mass is 9.91. The van der Waals surface area contributed by atoms with E-state index in [2.05, 4.69) is 62.2 Å². The SMILES string of the molecule is CC(C)c1ccc(N2CCCNCC(C)(C)C2)cc1. The third-order valence-corrected chi connectivity index (χ3v) is 3.93. The fraction of sp³-hybridized carbons (Fsp3) is 0.647. The molecule has 0 atom stereocenters. The molecule has 1 saturated heterocycles. The summed E-state index contributed by atoms with van der Waals surface area (Å²) >= 11 is 0. The molecule has 2 nitrogen and oxygen atoms in total. The zero-order valence-electron chi connectivity index (χ0n) is 12.9. The minimum absolute atomic E-state index is 0.330. The van der Waals surface area contributed by atoms with E-state index in [-0.39, 0.29) is 0 Å². The molecule has 0 bridgehead atoms. The average Bonchev–Trinajstić information content (AvgIpc) is 2.34. The Labute approximate surface area is 118 Å². The molecule has 1 N–H and O–H groups in total. The second-order valence-electron chi connectivity index (χ2n) is 6.86. The molecule has 2 heteroatoms. The van der Waals surface area contributed by atoms with Crippen LogP contribution in [0.2, 0.25) is 0 Å². The van der Waals surface area contributed by atoms with Crippen molar-refractivity contribution in [3.63, 3.8) is 0 Å². The highest BCUT2D eigenvalue weighted by Crippen LogP contribution is 2.25. The summed E-state index contributed by atoms with van der Waals surface area (Å²) in [5.74, 6) is 0.613. The van der Waals surface area contributed by atoms with Gasteiger partial charge in [0.15, 0.2) is 0 Å². The summed E-state index contributed by atoms with van der Waals surface area (Å²) in [6, 6.07) is 9.15. The summed E-state index contributed by atoms with van der Waals surface area (Å²) in [5, 5.41) is 3.55. The van der Waals surface area contributed by atoms with Crippen LogP contribution in [0.1, 0.15) is 45.6 Å². The number of nitrogens with zero attached hydrogens (tertiary/aromatic N) is 1. The van der Waals surface area contributed by atoms with E-state index in [0.717, 1.165) is 26.2 Å². The topological polar surface area (TPSA) is 15.3 Å². The zero-order valence-corrected chi connectivity index (χ0v) is 12.9. The van der Waals surface area contributed by atoms with Crippen molar-refractivity contribution in [3.05, 3.63) is 29.8 Å². The highest BCUT2D eigenvalue weighted by molar-refractivity contribution is 5.48. The summed E-state index contributed by atoms with van der Waals surface area (Å²) in [6.45, 7) is 13.7. The van der Waals surface area contributed by atoms with Gasteiger partial charge in [0, 0.05) is 25.3 Å². The Hall–Kier alpha value is -1.02. The smallest absolute Gasteiger partial charge is 0.0366 e. The summed E-state index contributed by atoms with van der Waals surface area (Å²) in [5.41, 5.74) is 3.13. The van der Waals surface area contributed by atoms with Crippen LogP contribution in [0.5, 0.6) is 0 Å². The normalized spacial score (nSPS) is 20.2. The standard InChI is InChI=1S/C17H28N2/c1-14(2)15-6-8-16(9-7-15)19-11-5-10-18-12-17(3,4)13-19/h6-9,14,18H,5,10-13H2,1-4H3. The second kappa shape index (κ2) is 5.96. The van der Waals surface area contributed by atoms with Gasteiger partial charge in [0.1, 0.15) is 0 Å². The largest absolute Gasteiger partial charge is 0.371 e. The van der Waals surface area contributed by atoms with Gasteiger partial charge >= 0.3 is 0 Å². The van der Waals surface area contributed by atoms with Gasteiger partial charge in [-0.15, -0.1) is 0 Å². The van der Waals surface area contributed by atoms with E-state index < -0.39 is 0 Å². The molecule has 1 aromatic rings.